The van der Waals surface area contributed by atoms with Gasteiger partial charge in [-0.3, -0.25) is 4.79 Å². The zero-order valence-corrected chi connectivity index (χ0v) is 16.3. The molecular formula is C17H18N2O5S2. The Hall–Kier alpha value is -2.07. The maximum atomic E-state index is 12.8. The smallest absolute Gasteiger partial charge is 0.242 e. The van der Waals surface area contributed by atoms with Crippen LogP contribution < -0.4 is 0 Å². The number of ketones is 1. The van der Waals surface area contributed by atoms with Crippen molar-refractivity contribution >= 4 is 25.8 Å². The molecule has 0 saturated heterocycles. The molecule has 0 atom stereocenters. The van der Waals surface area contributed by atoms with Crippen molar-refractivity contribution in [1.29, 1.82) is 0 Å². The number of carbonyl (C=O) groups excluding carboxylic acids is 1. The molecular weight excluding hydrogens is 376 g/mol. The number of benzene rings is 2. The van der Waals surface area contributed by atoms with E-state index in [0.717, 1.165) is 8.61 Å². The number of nitrogens with zero attached hydrogens (tertiary/aromatic N) is 2. The second-order valence-electron chi connectivity index (χ2n) is 6.32. The van der Waals surface area contributed by atoms with E-state index in [1.54, 1.807) is 12.1 Å². The Bertz CT molecular complexity index is 1040. The first kappa shape index (κ1) is 18.7. The first-order valence-electron chi connectivity index (χ1n) is 7.66. The Morgan fingerprint density at radius 3 is 1.27 bits per heavy atom. The fourth-order valence-corrected chi connectivity index (χ4v) is 4.64. The van der Waals surface area contributed by atoms with Gasteiger partial charge in [-0.15, -0.1) is 0 Å². The maximum Gasteiger partial charge on any atom is 0.242 e. The van der Waals surface area contributed by atoms with E-state index >= 15 is 0 Å². The third-order valence-electron chi connectivity index (χ3n) is 4.32. The lowest BCUT2D eigenvalue weighted by Crippen LogP contribution is -2.22. The minimum absolute atomic E-state index is 0.0172. The van der Waals surface area contributed by atoms with Crippen LogP contribution in [-0.2, 0) is 20.0 Å². The lowest BCUT2D eigenvalue weighted by molar-refractivity contribution is 0.104. The quantitative estimate of drug-likeness (QED) is 0.667. The van der Waals surface area contributed by atoms with Gasteiger partial charge in [0, 0.05) is 39.3 Å². The van der Waals surface area contributed by atoms with Crippen molar-refractivity contribution in [3.8, 4) is 11.1 Å². The SMILES string of the molecule is CN(C)S(=O)(=O)c1ccc2c(c1)C(=O)c1cc(S(=O)(=O)N(C)C)ccc1-2. The van der Waals surface area contributed by atoms with Crippen LogP contribution in [0, 0.1) is 0 Å². The van der Waals surface area contributed by atoms with Gasteiger partial charge in [-0.25, -0.2) is 25.4 Å². The Labute approximate surface area is 153 Å². The normalized spacial score (nSPS) is 14.0. The third-order valence-corrected chi connectivity index (χ3v) is 7.94. The van der Waals surface area contributed by atoms with Gasteiger partial charge in [0.25, 0.3) is 0 Å². The van der Waals surface area contributed by atoms with Crippen LogP contribution in [-0.4, -0.2) is 59.4 Å². The highest BCUT2D eigenvalue weighted by molar-refractivity contribution is 7.89. The summed E-state index contributed by atoms with van der Waals surface area (Å²) >= 11 is 0. The summed E-state index contributed by atoms with van der Waals surface area (Å²) in [5.41, 5.74) is 1.69. The zero-order valence-electron chi connectivity index (χ0n) is 14.7. The van der Waals surface area contributed by atoms with Crippen molar-refractivity contribution in [3.05, 3.63) is 47.5 Å². The number of hydrogen-bond acceptors (Lipinski definition) is 5. The molecule has 0 aromatic heterocycles. The van der Waals surface area contributed by atoms with E-state index in [9.17, 15) is 21.6 Å². The van der Waals surface area contributed by atoms with E-state index in [1.165, 1.54) is 52.5 Å². The summed E-state index contributed by atoms with van der Waals surface area (Å²) in [5, 5.41) is 0. The van der Waals surface area contributed by atoms with Crippen LogP contribution in [0.4, 0.5) is 0 Å². The molecule has 0 aliphatic heterocycles. The molecule has 0 amide bonds. The highest BCUT2D eigenvalue weighted by Gasteiger charge is 2.31. The molecule has 1 aliphatic carbocycles. The predicted molar refractivity (Wildman–Crippen MR) is 97.1 cm³/mol. The number of sulfonamides is 2. The topological polar surface area (TPSA) is 91.8 Å². The van der Waals surface area contributed by atoms with Crippen molar-refractivity contribution < 1.29 is 21.6 Å². The molecule has 0 radical (unpaired) electrons. The zero-order chi connectivity index (χ0) is 19.4. The molecule has 7 nitrogen and oxygen atoms in total. The summed E-state index contributed by atoms with van der Waals surface area (Å²) < 4.78 is 51.4. The molecule has 0 saturated carbocycles. The number of carbonyl (C=O) groups is 1. The Kier molecular flexibility index (Phi) is 4.31. The van der Waals surface area contributed by atoms with Crippen LogP contribution in [0.3, 0.4) is 0 Å². The molecule has 0 spiro atoms. The van der Waals surface area contributed by atoms with E-state index < -0.39 is 20.0 Å². The third kappa shape index (κ3) is 2.67. The average molecular weight is 394 g/mol. The molecule has 0 N–H and O–H groups in total. The standard InChI is InChI=1S/C17H18N2O5S2/c1-18(2)25(21,22)11-5-7-13-14-8-6-12(26(23,24)19(3)4)10-16(14)17(20)15(13)9-11/h5-10H,1-4H3. The maximum absolute atomic E-state index is 12.8. The van der Waals surface area contributed by atoms with Gasteiger partial charge in [0.2, 0.25) is 20.0 Å². The second-order valence-corrected chi connectivity index (χ2v) is 10.6. The van der Waals surface area contributed by atoms with Gasteiger partial charge < -0.3 is 0 Å². The van der Waals surface area contributed by atoms with Crippen LogP contribution in [0.15, 0.2) is 46.2 Å². The van der Waals surface area contributed by atoms with E-state index in [0.29, 0.717) is 11.1 Å². The van der Waals surface area contributed by atoms with Crippen LogP contribution in [0.5, 0.6) is 0 Å². The van der Waals surface area contributed by atoms with Crippen LogP contribution in [0.2, 0.25) is 0 Å². The molecule has 0 bridgehead atoms. The van der Waals surface area contributed by atoms with Gasteiger partial charge in [0.15, 0.2) is 5.78 Å². The summed E-state index contributed by atoms with van der Waals surface area (Å²) in [6, 6.07) is 8.73. The highest BCUT2D eigenvalue weighted by atomic mass is 32.2. The highest BCUT2D eigenvalue weighted by Crippen LogP contribution is 2.39. The predicted octanol–water partition coefficient (Wildman–Crippen LogP) is 1.40. The van der Waals surface area contributed by atoms with Gasteiger partial charge >= 0.3 is 0 Å². The summed E-state index contributed by atoms with van der Waals surface area (Å²) in [7, 11) is -1.69. The van der Waals surface area contributed by atoms with E-state index in [2.05, 4.69) is 0 Å². The fraction of sp³-hybridized carbons (Fsp3) is 0.235. The van der Waals surface area contributed by atoms with E-state index in [1.807, 2.05) is 0 Å². The Balaban J connectivity index is 2.16. The Morgan fingerprint density at radius 1 is 0.615 bits per heavy atom. The number of rotatable bonds is 4. The molecule has 0 unspecified atom stereocenters. The van der Waals surface area contributed by atoms with Gasteiger partial charge in [0.1, 0.15) is 0 Å². The van der Waals surface area contributed by atoms with Crippen molar-refractivity contribution in [1.82, 2.24) is 8.61 Å². The van der Waals surface area contributed by atoms with Gasteiger partial charge in [-0.1, -0.05) is 12.1 Å². The molecule has 0 fully saturated rings. The van der Waals surface area contributed by atoms with Crippen molar-refractivity contribution in [2.24, 2.45) is 0 Å². The molecule has 1 aliphatic rings. The minimum atomic E-state index is -3.67. The monoisotopic (exact) mass is 394 g/mol. The lowest BCUT2D eigenvalue weighted by atomic mass is 10.1. The lowest BCUT2D eigenvalue weighted by Gasteiger charge is -2.12. The molecule has 138 valence electrons. The van der Waals surface area contributed by atoms with Crippen LogP contribution >= 0.6 is 0 Å². The largest absolute Gasteiger partial charge is 0.289 e. The van der Waals surface area contributed by atoms with E-state index in [4.69, 9.17) is 0 Å². The molecule has 9 heteroatoms. The summed E-state index contributed by atoms with van der Waals surface area (Å²) in [6.07, 6.45) is 0. The molecule has 3 rings (SSSR count). The molecule has 2 aromatic carbocycles. The Morgan fingerprint density at radius 2 is 0.962 bits per heavy atom. The molecule has 2 aromatic rings. The van der Waals surface area contributed by atoms with Crippen LogP contribution in [0.1, 0.15) is 15.9 Å². The number of fused-ring (bicyclic) bond motifs is 3. The van der Waals surface area contributed by atoms with Gasteiger partial charge in [-0.2, -0.15) is 0 Å². The van der Waals surface area contributed by atoms with Gasteiger partial charge in [0.05, 0.1) is 9.79 Å². The van der Waals surface area contributed by atoms with Crippen LogP contribution in [0.25, 0.3) is 11.1 Å². The minimum Gasteiger partial charge on any atom is -0.289 e. The van der Waals surface area contributed by atoms with Gasteiger partial charge in [-0.05, 0) is 35.4 Å². The summed E-state index contributed by atoms with van der Waals surface area (Å²) in [6.45, 7) is 0. The molecule has 0 heterocycles. The van der Waals surface area contributed by atoms with Crippen molar-refractivity contribution in [3.63, 3.8) is 0 Å². The van der Waals surface area contributed by atoms with E-state index in [-0.39, 0.29) is 26.7 Å². The molecule has 26 heavy (non-hydrogen) atoms. The average Bonchev–Trinajstić information content (AvgIpc) is 2.86. The van der Waals surface area contributed by atoms with Crippen molar-refractivity contribution in [2.45, 2.75) is 9.79 Å². The fourth-order valence-electron chi connectivity index (χ4n) is 2.78. The summed E-state index contributed by atoms with van der Waals surface area (Å²) in [5.74, 6) is -0.387. The first-order valence-corrected chi connectivity index (χ1v) is 10.5. The first-order chi connectivity index (χ1) is 12.0. The summed E-state index contributed by atoms with van der Waals surface area (Å²) in [4.78, 5) is 12.8. The second kappa shape index (κ2) is 5.98. The number of hydrogen-bond donors (Lipinski definition) is 0. The van der Waals surface area contributed by atoms with Crippen molar-refractivity contribution in [2.75, 3.05) is 28.2 Å².